The molecule has 1 aromatic carbocycles. The number of carbonyl (C=O) groups is 1. The number of carbonyl (C=O) groups excluding carboxylic acids is 1. The molecule has 0 aromatic heterocycles. The van der Waals surface area contributed by atoms with Gasteiger partial charge in [-0.3, -0.25) is 4.79 Å². The van der Waals surface area contributed by atoms with Gasteiger partial charge in [-0.2, -0.15) is 0 Å². The Kier molecular flexibility index (Phi) is 5.65. The summed E-state index contributed by atoms with van der Waals surface area (Å²) in [4.78, 5) is 14.3. The molecule has 1 unspecified atom stereocenters. The molecule has 1 aliphatic heterocycles. The predicted molar refractivity (Wildman–Crippen MR) is 88.8 cm³/mol. The fraction of sp³-hybridized carbons (Fsp3) is 0.611. The van der Waals surface area contributed by atoms with Crippen LogP contribution >= 0.6 is 0 Å². The largest absolute Gasteiger partial charge is 0.483 e. The molecule has 1 fully saturated rings. The number of rotatable bonds is 5. The van der Waals surface area contributed by atoms with E-state index < -0.39 is 0 Å². The molecule has 0 bridgehead atoms. The lowest BCUT2D eigenvalue weighted by Crippen LogP contribution is -2.56. The number of hydrogen-bond acceptors (Lipinski definition) is 4. The molecule has 1 saturated heterocycles. The minimum absolute atomic E-state index is 0.0246. The van der Waals surface area contributed by atoms with E-state index in [1.807, 2.05) is 45.9 Å². The standard InChI is InChI=1S/C18H27NO4/c1-13-6-7-14(2)16(8-13)22-11-17(20)19-9-15(10-21-5)23-18(3,4)12-19/h6-8,15H,9-12H2,1-5H3. The Balaban J connectivity index is 1.97. The number of ether oxygens (including phenoxy) is 3. The molecule has 0 radical (unpaired) electrons. The predicted octanol–water partition coefficient (Wildman–Crippen LogP) is 2.33. The van der Waals surface area contributed by atoms with E-state index in [1.54, 1.807) is 12.0 Å². The van der Waals surface area contributed by atoms with Crippen molar-refractivity contribution >= 4 is 5.91 Å². The van der Waals surface area contributed by atoms with Gasteiger partial charge in [0.15, 0.2) is 6.61 Å². The van der Waals surface area contributed by atoms with Gasteiger partial charge in [0.25, 0.3) is 5.91 Å². The van der Waals surface area contributed by atoms with E-state index in [2.05, 4.69) is 0 Å². The molecule has 23 heavy (non-hydrogen) atoms. The van der Waals surface area contributed by atoms with E-state index in [4.69, 9.17) is 14.2 Å². The number of amides is 1. The monoisotopic (exact) mass is 321 g/mol. The van der Waals surface area contributed by atoms with Crippen molar-refractivity contribution in [3.8, 4) is 5.75 Å². The van der Waals surface area contributed by atoms with Crippen LogP contribution in [0.1, 0.15) is 25.0 Å². The maximum absolute atomic E-state index is 12.5. The first-order valence-electron chi connectivity index (χ1n) is 7.95. The molecule has 5 nitrogen and oxygen atoms in total. The molecule has 0 N–H and O–H groups in total. The van der Waals surface area contributed by atoms with Gasteiger partial charge >= 0.3 is 0 Å². The molecule has 1 aromatic rings. The minimum Gasteiger partial charge on any atom is -0.483 e. The third-order valence-corrected chi connectivity index (χ3v) is 3.88. The Bertz CT molecular complexity index is 556. The topological polar surface area (TPSA) is 48.0 Å². The van der Waals surface area contributed by atoms with E-state index in [-0.39, 0.29) is 24.2 Å². The quantitative estimate of drug-likeness (QED) is 0.835. The number of benzene rings is 1. The molecule has 0 spiro atoms. The van der Waals surface area contributed by atoms with Gasteiger partial charge in [-0.05, 0) is 44.9 Å². The SMILES string of the molecule is COCC1CN(C(=O)COc2cc(C)ccc2C)CC(C)(C)O1. The first-order valence-corrected chi connectivity index (χ1v) is 7.95. The number of morpholine rings is 1. The van der Waals surface area contributed by atoms with Crippen molar-refractivity contribution in [1.29, 1.82) is 0 Å². The summed E-state index contributed by atoms with van der Waals surface area (Å²) in [5, 5.41) is 0. The van der Waals surface area contributed by atoms with Crippen LogP contribution in [-0.2, 0) is 14.3 Å². The molecule has 1 aliphatic rings. The summed E-state index contributed by atoms with van der Waals surface area (Å²) in [7, 11) is 1.64. The van der Waals surface area contributed by atoms with Crippen LogP contribution in [0.15, 0.2) is 18.2 Å². The highest BCUT2D eigenvalue weighted by atomic mass is 16.5. The molecule has 0 saturated carbocycles. The van der Waals surface area contributed by atoms with Crippen LogP contribution in [0.3, 0.4) is 0 Å². The fourth-order valence-electron chi connectivity index (χ4n) is 2.85. The average Bonchev–Trinajstić information content (AvgIpc) is 2.46. The highest BCUT2D eigenvalue weighted by Crippen LogP contribution is 2.22. The molecule has 5 heteroatoms. The van der Waals surface area contributed by atoms with Gasteiger partial charge in [0.2, 0.25) is 0 Å². The summed E-state index contributed by atoms with van der Waals surface area (Å²) in [5.41, 5.74) is 1.77. The van der Waals surface area contributed by atoms with Crippen molar-refractivity contribution in [3.63, 3.8) is 0 Å². The highest BCUT2D eigenvalue weighted by Gasteiger charge is 2.35. The Labute approximate surface area is 138 Å². The lowest BCUT2D eigenvalue weighted by Gasteiger charge is -2.42. The summed E-state index contributed by atoms with van der Waals surface area (Å²) >= 11 is 0. The van der Waals surface area contributed by atoms with E-state index in [1.165, 1.54) is 0 Å². The van der Waals surface area contributed by atoms with Gasteiger partial charge < -0.3 is 19.1 Å². The number of hydrogen-bond donors (Lipinski definition) is 0. The van der Waals surface area contributed by atoms with Crippen LogP contribution in [0.4, 0.5) is 0 Å². The lowest BCUT2D eigenvalue weighted by molar-refractivity contribution is -0.170. The van der Waals surface area contributed by atoms with Gasteiger partial charge in [0, 0.05) is 20.2 Å². The summed E-state index contributed by atoms with van der Waals surface area (Å²) in [6.07, 6.45) is -0.103. The van der Waals surface area contributed by atoms with Crippen LogP contribution in [0.2, 0.25) is 0 Å². The van der Waals surface area contributed by atoms with E-state index in [0.29, 0.717) is 19.7 Å². The number of aryl methyl sites for hydroxylation is 2. The van der Waals surface area contributed by atoms with Crippen molar-refractivity contribution in [2.75, 3.05) is 33.4 Å². The van der Waals surface area contributed by atoms with E-state index >= 15 is 0 Å². The maximum Gasteiger partial charge on any atom is 0.260 e. The van der Waals surface area contributed by atoms with Crippen molar-refractivity contribution in [3.05, 3.63) is 29.3 Å². The molecule has 2 rings (SSSR count). The molecule has 1 amide bonds. The number of methoxy groups -OCH3 is 1. The summed E-state index contributed by atoms with van der Waals surface area (Å²) < 4.78 is 16.8. The second-order valence-corrected chi connectivity index (χ2v) is 6.79. The molecule has 1 atom stereocenters. The van der Waals surface area contributed by atoms with Gasteiger partial charge in [0.05, 0.1) is 18.3 Å². The van der Waals surface area contributed by atoms with Gasteiger partial charge in [-0.25, -0.2) is 0 Å². The normalized spacial score (nSPS) is 20.4. The minimum atomic E-state index is -0.379. The fourth-order valence-corrected chi connectivity index (χ4v) is 2.85. The van der Waals surface area contributed by atoms with Crippen LogP contribution in [0.5, 0.6) is 5.75 Å². The Hall–Kier alpha value is -1.59. The highest BCUT2D eigenvalue weighted by molar-refractivity contribution is 5.78. The van der Waals surface area contributed by atoms with Crippen molar-refractivity contribution in [1.82, 2.24) is 4.90 Å². The van der Waals surface area contributed by atoms with Gasteiger partial charge in [0.1, 0.15) is 5.75 Å². The molecule has 1 heterocycles. The zero-order chi connectivity index (χ0) is 17.0. The molecular weight excluding hydrogens is 294 g/mol. The smallest absolute Gasteiger partial charge is 0.260 e. The van der Waals surface area contributed by atoms with E-state index in [0.717, 1.165) is 16.9 Å². The van der Waals surface area contributed by atoms with Crippen LogP contribution in [0, 0.1) is 13.8 Å². The van der Waals surface area contributed by atoms with Crippen LogP contribution < -0.4 is 4.74 Å². The third kappa shape index (κ3) is 4.94. The van der Waals surface area contributed by atoms with Crippen molar-refractivity contribution in [2.45, 2.75) is 39.4 Å². The Morgan fingerprint density at radius 2 is 2.13 bits per heavy atom. The second-order valence-electron chi connectivity index (χ2n) is 6.79. The van der Waals surface area contributed by atoms with Crippen LogP contribution in [-0.4, -0.2) is 55.9 Å². The number of nitrogens with zero attached hydrogens (tertiary/aromatic N) is 1. The van der Waals surface area contributed by atoms with E-state index in [9.17, 15) is 4.79 Å². The summed E-state index contributed by atoms with van der Waals surface area (Å²) in [6, 6.07) is 5.99. The Morgan fingerprint density at radius 3 is 2.83 bits per heavy atom. The summed E-state index contributed by atoms with van der Waals surface area (Å²) in [5.74, 6) is 0.739. The average molecular weight is 321 g/mol. The van der Waals surface area contributed by atoms with Crippen LogP contribution in [0.25, 0.3) is 0 Å². The third-order valence-electron chi connectivity index (χ3n) is 3.88. The zero-order valence-corrected chi connectivity index (χ0v) is 14.7. The first kappa shape index (κ1) is 17.8. The van der Waals surface area contributed by atoms with Gasteiger partial charge in [-0.1, -0.05) is 12.1 Å². The lowest BCUT2D eigenvalue weighted by atomic mass is 10.1. The molecule has 128 valence electrons. The first-order chi connectivity index (χ1) is 10.8. The molecular formula is C18H27NO4. The van der Waals surface area contributed by atoms with Gasteiger partial charge in [-0.15, -0.1) is 0 Å². The summed E-state index contributed by atoms with van der Waals surface area (Å²) in [6.45, 7) is 9.57. The Morgan fingerprint density at radius 1 is 1.39 bits per heavy atom. The maximum atomic E-state index is 12.5. The zero-order valence-electron chi connectivity index (χ0n) is 14.7. The van der Waals surface area contributed by atoms with Crippen molar-refractivity contribution < 1.29 is 19.0 Å². The molecule has 0 aliphatic carbocycles. The second kappa shape index (κ2) is 7.32. The van der Waals surface area contributed by atoms with Crippen molar-refractivity contribution in [2.24, 2.45) is 0 Å².